The molecule has 0 bridgehead atoms. The van der Waals surface area contributed by atoms with E-state index in [1.54, 1.807) is 6.07 Å². The van der Waals surface area contributed by atoms with Crippen LogP contribution in [0.3, 0.4) is 0 Å². The lowest BCUT2D eigenvalue weighted by molar-refractivity contribution is -0.167. The van der Waals surface area contributed by atoms with Gasteiger partial charge in [0.2, 0.25) is 0 Å². The van der Waals surface area contributed by atoms with Gasteiger partial charge in [-0.1, -0.05) is 188 Å². The highest BCUT2D eigenvalue weighted by Crippen LogP contribution is 2.38. The first-order valence-corrected chi connectivity index (χ1v) is 24.9. The zero-order valence-electron chi connectivity index (χ0n) is 40.0. The van der Waals surface area contributed by atoms with Gasteiger partial charge < -0.3 is 24.1 Å². The molecule has 1 aromatic carbocycles. The first-order chi connectivity index (χ1) is 29.4. The van der Waals surface area contributed by atoms with E-state index in [1.807, 2.05) is 33.8 Å². The van der Waals surface area contributed by atoms with Crippen molar-refractivity contribution in [3.05, 3.63) is 28.8 Å². The molecule has 0 fully saturated rings. The van der Waals surface area contributed by atoms with Gasteiger partial charge in [0.1, 0.15) is 19.0 Å². The zero-order chi connectivity index (χ0) is 45.0. The highest BCUT2D eigenvalue weighted by atomic mass is 16.6. The Labute approximate surface area is 372 Å². The third kappa shape index (κ3) is 29.9. The van der Waals surface area contributed by atoms with E-state index in [9.17, 15) is 24.3 Å². The number of rotatable bonds is 40. The minimum absolute atomic E-state index is 0.00971. The SMILES string of the molecule is CCCCCCCCCCCCCCCC(=O)OCC(COC(=O)CCCCCCCCCCCCCCC)OC(=O)CCC(=O)Oc1cc(C)cc(C)c1C(C)(C)CCO. The summed E-state index contributed by atoms with van der Waals surface area (Å²) in [5.74, 6) is -1.60. The van der Waals surface area contributed by atoms with Crippen molar-refractivity contribution >= 4 is 23.9 Å². The fourth-order valence-electron chi connectivity index (χ4n) is 8.11. The predicted octanol–water partition coefficient (Wildman–Crippen LogP) is 13.6. The molecule has 61 heavy (non-hydrogen) atoms. The molecule has 0 spiro atoms. The molecule has 0 heterocycles. The van der Waals surface area contributed by atoms with Gasteiger partial charge in [0.25, 0.3) is 0 Å². The Bertz CT molecular complexity index is 1260. The molecule has 9 nitrogen and oxygen atoms in total. The van der Waals surface area contributed by atoms with Gasteiger partial charge >= 0.3 is 23.9 Å². The van der Waals surface area contributed by atoms with Crippen molar-refractivity contribution in [1.82, 2.24) is 0 Å². The van der Waals surface area contributed by atoms with E-state index in [0.29, 0.717) is 12.2 Å². The maximum Gasteiger partial charge on any atom is 0.311 e. The highest BCUT2D eigenvalue weighted by molar-refractivity contribution is 5.79. The molecule has 1 aromatic rings. The summed E-state index contributed by atoms with van der Waals surface area (Å²) in [6, 6.07) is 3.81. The number of aliphatic hydroxyl groups is 1. The van der Waals surface area contributed by atoms with Gasteiger partial charge in [-0.05, 0) is 55.7 Å². The van der Waals surface area contributed by atoms with Gasteiger partial charge in [-0.3, -0.25) is 19.2 Å². The molecule has 0 radical (unpaired) electrons. The quantitative estimate of drug-likeness (QED) is 0.0297. The van der Waals surface area contributed by atoms with Gasteiger partial charge in [-0.2, -0.15) is 0 Å². The summed E-state index contributed by atoms with van der Waals surface area (Å²) in [6.07, 6.45) is 31.2. The second-order valence-electron chi connectivity index (χ2n) is 18.2. The van der Waals surface area contributed by atoms with Crippen LogP contribution in [0.25, 0.3) is 0 Å². The molecule has 0 saturated carbocycles. The largest absolute Gasteiger partial charge is 0.462 e. The van der Waals surface area contributed by atoms with E-state index in [0.717, 1.165) is 55.2 Å². The van der Waals surface area contributed by atoms with Crippen molar-refractivity contribution in [1.29, 1.82) is 0 Å². The smallest absolute Gasteiger partial charge is 0.311 e. The summed E-state index contributed by atoms with van der Waals surface area (Å²) >= 11 is 0. The van der Waals surface area contributed by atoms with Crippen LogP contribution in [0, 0.1) is 13.8 Å². The number of hydrogen-bond donors (Lipinski definition) is 1. The number of carbonyl (C=O) groups is 4. The van der Waals surface area contributed by atoms with Crippen LogP contribution in [0.15, 0.2) is 12.1 Å². The normalized spacial score (nSPS) is 11.5. The van der Waals surface area contributed by atoms with Crippen LogP contribution in [0.2, 0.25) is 0 Å². The summed E-state index contributed by atoms with van der Waals surface area (Å²) in [5.41, 5.74) is 2.28. The lowest BCUT2D eigenvalue weighted by atomic mass is 9.78. The first kappa shape index (κ1) is 56.1. The number of hydrogen-bond acceptors (Lipinski definition) is 9. The first-order valence-electron chi connectivity index (χ1n) is 24.9. The second-order valence-corrected chi connectivity index (χ2v) is 18.2. The average molecular weight is 859 g/mol. The Morgan fingerprint density at radius 3 is 1.30 bits per heavy atom. The van der Waals surface area contributed by atoms with Crippen molar-refractivity contribution in [3.63, 3.8) is 0 Å². The lowest BCUT2D eigenvalue weighted by Gasteiger charge is -2.29. The molecule has 1 N–H and O–H groups in total. The molecule has 0 amide bonds. The molecule has 9 heteroatoms. The molecule has 0 aliphatic carbocycles. The van der Waals surface area contributed by atoms with E-state index in [1.165, 1.54) is 128 Å². The van der Waals surface area contributed by atoms with Crippen LogP contribution in [-0.2, 0) is 38.8 Å². The zero-order valence-corrected chi connectivity index (χ0v) is 40.0. The van der Waals surface area contributed by atoms with Crippen molar-refractivity contribution in [2.75, 3.05) is 19.8 Å². The Morgan fingerprint density at radius 1 is 0.525 bits per heavy atom. The van der Waals surface area contributed by atoms with E-state index in [4.69, 9.17) is 18.9 Å². The number of unbranched alkanes of at least 4 members (excludes halogenated alkanes) is 24. The van der Waals surface area contributed by atoms with Crippen LogP contribution >= 0.6 is 0 Å². The third-order valence-corrected chi connectivity index (χ3v) is 11.7. The van der Waals surface area contributed by atoms with Gasteiger partial charge in [-0.15, -0.1) is 0 Å². The van der Waals surface area contributed by atoms with Crippen LogP contribution < -0.4 is 4.74 Å². The highest BCUT2D eigenvalue weighted by Gasteiger charge is 2.28. The predicted molar refractivity (Wildman–Crippen MR) is 248 cm³/mol. The van der Waals surface area contributed by atoms with Crippen LogP contribution in [-0.4, -0.2) is 54.9 Å². The van der Waals surface area contributed by atoms with Gasteiger partial charge in [-0.25, -0.2) is 0 Å². The van der Waals surface area contributed by atoms with Gasteiger partial charge in [0, 0.05) is 25.0 Å². The topological polar surface area (TPSA) is 125 Å². The van der Waals surface area contributed by atoms with Gasteiger partial charge in [0.15, 0.2) is 6.10 Å². The maximum atomic E-state index is 13.0. The number of benzene rings is 1. The van der Waals surface area contributed by atoms with Crippen LogP contribution in [0.4, 0.5) is 0 Å². The van der Waals surface area contributed by atoms with E-state index < -0.39 is 23.5 Å². The Morgan fingerprint density at radius 2 is 0.902 bits per heavy atom. The molecule has 352 valence electrons. The lowest BCUT2D eigenvalue weighted by Crippen LogP contribution is -2.31. The second kappa shape index (κ2) is 36.5. The summed E-state index contributed by atoms with van der Waals surface area (Å²) < 4.78 is 22.4. The molecular weight excluding hydrogens is 769 g/mol. The molecule has 0 atom stereocenters. The summed E-state index contributed by atoms with van der Waals surface area (Å²) in [6.45, 7) is 11.9. The van der Waals surface area contributed by atoms with E-state index >= 15 is 0 Å². The van der Waals surface area contributed by atoms with Crippen LogP contribution in [0.5, 0.6) is 5.75 Å². The van der Waals surface area contributed by atoms with Crippen LogP contribution in [0.1, 0.15) is 243 Å². The van der Waals surface area contributed by atoms with Gasteiger partial charge in [0.05, 0.1) is 12.8 Å². The average Bonchev–Trinajstić information content (AvgIpc) is 3.21. The Hall–Kier alpha value is -2.94. The van der Waals surface area contributed by atoms with E-state index in [2.05, 4.69) is 13.8 Å². The molecular formula is C52H90O9. The molecule has 1 rings (SSSR count). The van der Waals surface area contributed by atoms with Crippen molar-refractivity contribution in [3.8, 4) is 5.75 Å². The molecule has 0 saturated heterocycles. The monoisotopic (exact) mass is 859 g/mol. The minimum atomic E-state index is -0.986. The van der Waals surface area contributed by atoms with Crippen molar-refractivity contribution in [2.24, 2.45) is 0 Å². The number of carbonyl (C=O) groups excluding carboxylic acids is 4. The maximum absolute atomic E-state index is 13.0. The Kier molecular flexibility index (Phi) is 33.6. The summed E-state index contributed by atoms with van der Waals surface area (Å²) in [4.78, 5) is 51.3. The van der Waals surface area contributed by atoms with E-state index in [-0.39, 0.29) is 57.4 Å². The standard InChI is InChI=1S/C52H90O9/c1-7-9-11-13-15-17-19-21-23-25-27-29-31-33-47(54)58-41-45(42-59-48(55)34-32-30-28-26-24-22-20-18-16-14-12-10-8-2)60-49(56)35-36-50(57)61-46-40-43(3)39-44(4)51(46)52(5,6)37-38-53/h39-40,45,53H,7-38,41-42H2,1-6H3. The molecule has 0 aliphatic rings. The van der Waals surface area contributed by atoms with Crippen molar-refractivity contribution < 1.29 is 43.2 Å². The number of ether oxygens (including phenoxy) is 4. The number of aliphatic hydroxyl groups excluding tert-OH is 1. The Balaban J connectivity index is 2.57. The number of aryl methyl sites for hydroxylation is 2. The fourth-order valence-corrected chi connectivity index (χ4v) is 8.11. The summed E-state index contributed by atoms with van der Waals surface area (Å²) in [7, 11) is 0. The fraction of sp³-hybridized carbons (Fsp3) is 0.808. The molecule has 0 aromatic heterocycles. The number of esters is 4. The summed E-state index contributed by atoms with van der Waals surface area (Å²) in [5, 5.41) is 9.65. The molecule has 0 unspecified atom stereocenters. The molecule has 0 aliphatic heterocycles. The minimum Gasteiger partial charge on any atom is -0.462 e. The third-order valence-electron chi connectivity index (χ3n) is 11.7. The van der Waals surface area contributed by atoms with Crippen molar-refractivity contribution in [2.45, 2.75) is 252 Å².